The summed E-state index contributed by atoms with van der Waals surface area (Å²) in [6.07, 6.45) is 0. The second kappa shape index (κ2) is 9.20. The lowest BCUT2D eigenvalue weighted by atomic mass is 10.0. The van der Waals surface area contributed by atoms with Crippen molar-refractivity contribution in [1.29, 1.82) is 0 Å². The summed E-state index contributed by atoms with van der Waals surface area (Å²) >= 11 is 0. The van der Waals surface area contributed by atoms with Crippen LogP contribution >= 0.6 is 0 Å². The molecule has 0 radical (unpaired) electrons. The van der Waals surface area contributed by atoms with Crippen molar-refractivity contribution >= 4 is 28.8 Å². The summed E-state index contributed by atoms with van der Waals surface area (Å²) in [7, 11) is 1.51. The third-order valence-corrected chi connectivity index (χ3v) is 5.52. The number of anilines is 2. The fraction of sp³-hybridized carbons (Fsp3) is 0.185. The molecule has 6 heteroatoms. The van der Waals surface area contributed by atoms with Gasteiger partial charge in [0.1, 0.15) is 17.2 Å². The third kappa shape index (κ3) is 4.20. The minimum Gasteiger partial charge on any atom is -0.495 e. The van der Waals surface area contributed by atoms with Crippen molar-refractivity contribution in [3.05, 3.63) is 89.1 Å². The Kier molecular flexibility index (Phi) is 6.18. The number of benzene rings is 3. The van der Waals surface area contributed by atoms with Gasteiger partial charge in [-0.3, -0.25) is 9.59 Å². The molecule has 1 aliphatic rings. The molecule has 1 aliphatic heterocycles. The number of nitrogens with one attached hydrogen (secondary N) is 1. The van der Waals surface area contributed by atoms with Crippen molar-refractivity contribution in [1.82, 2.24) is 0 Å². The number of carbonyl (C=O) groups excluding carboxylic acids is 2. The largest absolute Gasteiger partial charge is 0.495 e. The maximum Gasteiger partial charge on any atom is 0.282 e. The normalized spacial score (nSPS) is 13.5. The van der Waals surface area contributed by atoms with Crippen LogP contribution in [0.2, 0.25) is 0 Å². The first-order chi connectivity index (χ1) is 15.9. The number of rotatable bonds is 7. The molecule has 2 amide bonds. The van der Waals surface area contributed by atoms with E-state index in [0.717, 1.165) is 21.7 Å². The Balaban J connectivity index is 1.84. The summed E-state index contributed by atoms with van der Waals surface area (Å²) in [5, 5.41) is 3.25. The number of methoxy groups -OCH3 is 1. The van der Waals surface area contributed by atoms with Gasteiger partial charge in [-0.25, -0.2) is 4.90 Å². The minimum absolute atomic E-state index is 0.226. The molecular formula is C27H26N2O4. The minimum atomic E-state index is -0.436. The number of amides is 2. The molecule has 0 unspecified atom stereocenters. The van der Waals surface area contributed by atoms with Crippen molar-refractivity contribution in [3.63, 3.8) is 0 Å². The zero-order valence-corrected chi connectivity index (χ0v) is 19.1. The van der Waals surface area contributed by atoms with Gasteiger partial charge >= 0.3 is 0 Å². The predicted octanol–water partition coefficient (Wildman–Crippen LogP) is 5.11. The molecule has 3 aromatic carbocycles. The molecule has 1 N–H and O–H groups in total. The van der Waals surface area contributed by atoms with Crippen LogP contribution in [0.1, 0.15) is 23.6 Å². The molecule has 168 valence electrons. The summed E-state index contributed by atoms with van der Waals surface area (Å²) in [6.45, 7) is 6.39. The summed E-state index contributed by atoms with van der Waals surface area (Å²) < 4.78 is 11.0. The summed E-state index contributed by atoms with van der Waals surface area (Å²) in [5.74, 6) is 0.290. The van der Waals surface area contributed by atoms with E-state index in [9.17, 15) is 9.59 Å². The fourth-order valence-corrected chi connectivity index (χ4v) is 3.84. The number of imide groups is 1. The molecule has 0 bridgehead atoms. The summed E-state index contributed by atoms with van der Waals surface area (Å²) in [4.78, 5) is 28.5. The highest BCUT2D eigenvalue weighted by Crippen LogP contribution is 2.38. The van der Waals surface area contributed by atoms with Gasteiger partial charge in [0.2, 0.25) is 0 Å². The van der Waals surface area contributed by atoms with Crippen LogP contribution in [-0.4, -0.2) is 25.5 Å². The van der Waals surface area contributed by atoms with Gasteiger partial charge in [0, 0.05) is 5.69 Å². The van der Waals surface area contributed by atoms with Crippen LogP contribution in [0, 0.1) is 13.8 Å². The van der Waals surface area contributed by atoms with Gasteiger partial charge in [0.05, 0.1) is 25.0 Å². The number of para-hydroxylation sites is 2. The first-order valence-electron chi connectivity index (χ1n) is 10.8. The molecule has 4 rings (SSSR count). The average Bonchev–Trinajstić information content (AvgIpc) is 3.06. The molecule has 0 spiro atoms. The van der Waals surface area contributed by atoms with Crippen LogP contribution in [0.5, 0.6) is 11.5 Å². The highest BCUT2D eigenvalue weighted by atomic mass is 16.5. The molecule has 33 heavy (non-hydrogen) atoms. The Morgan fingerprint density at radius 2 is 1.64 bits per heavy atom. The van der Waals surface area contributed by atoms with Crippen LogP contribution in [0.25, 0.3) is 5.57 Å². The molecule has 0 saturated carbocycles. The van der Waals surface area contributed by atoms with Crippen LogP contribution in [-0.2, 0) is 9.59 Å². The van der Waals surface area contributed by atoms with E-state index in [1.54, 1.807) is 48.5 Å². The molecule has 0 atom stereocenters. The van der Waals surface area contributed by atoms with Crippen molar-refractivity contribution in [2.24, 2.45) is 0 Å². The van der Waals surface area contributed by atoms with E-state index in [1.807, 2.05) is 39.0 Å². The van der Waals surface area contributed by atoms with Gasteiger partial charge in [-0.1, -0.05) is 36.4 Å². The van der Waals surface area contributed by atoms with E-state index in [4.69, 9.17) is 9.47 Å². The number of nitrogens with zero attached hydrogens (tertiary/aromatic N) is 1. The van der Waals surface area contributed by atoms with E-state index < -0.39 is 11.8 Å². The van der Waals surface area contributed by atoms with Gasteiger partial charge < -0.3 is 14.8 Å². The predicted molar refractivity (Wildman–Crippen MR) is 130 cm³/mol. The zero-order chi connectivity index (χ0) is 23.5. The highest BCUT2D eigenvalue weighted by molar-refractivity contribution is 6.46. The first kappa shape index (κ1) is 22.1. The average molecular weight is 443 g/mol. The van der Waals surface area contributed by atoms with E-state index in [1.165, 1.54) is 7.11 Å². The number of carbonyl (C=O) groups is 2. The lowest BCUT2D eigenvalue weighted by molar-refractivity contribution is -0.120. The Bertz CT molecular complexity index is 1250. The number of ether oxygens (including phenoxy) is 2. The maximum atomic E-state index is 13.7. The molecule has 0 fully saturated rings. The van der Waals surface area contributed by atoms with E-state index in [0.29, 0.717) is 34.9 Å². The van der Waals surface area contributed by atoms with Gasteiger partial charge in [0.15, 0.2) is 0 Å². The number of aryl methyl sites for hydroxylation is 2. The molecule has 1 heterocycles. The molecule has 3 aromatic rings. The summed E-state index contributed by atoms with van der Waals surface area (Å²) in [5.41, 5.74) is 4.34. The fourth-order valence-electron chi connectivity index (χ4n) is 3.84. The van der Waals surface area contributed by atoms with Crippen molar-refractivity contribution in [3.8, 4) is 11.5 Å². The quantitative estimate of drug-likeness (QED) is 0.515. The topological polar surface area (TPSA) is 67.9 Å². The Morgan fingerprint density at radius 3 is 2.33 bits per heavy atom. The summed E-state index contributed by atoms with van der Waals surface area (Å²) in [6, 6.07) is 20.1. The Labute approximate surface area is 193 Å². The van der Waals surface area contributed by atoms with Crippen molar-refractivity contribution < 1.29 is 19.1 Å². The monoisotopic (exact) mass is 442 g/mol. The van der Waals surface area contributed by atoms with Crippen LogP contribution < -0.4 is 19.7 Å². The van der Waals surface area contributed by atoms with Gasteiger partial charge in [-0.2, -0.15) is 0 Å². The molecular weight excluding hydrogens is 416 g/mol. The molecule has 6 nitrogen and oxygen atoms in total. The van der Waals surface area contributed by atoms with Crippen LogP contribution in [0.3, 0.4) is 0 Å². The number of hydrogen-bond acceptors (Lipinski definition) is 5. The van der Waals surface area contributed by atoms with E-state index >= 15 is 0 Å². The first-order valence-corrected chi connectivity index (χ1v) is 10.8. The second-order valence-electron chi connectivity index (χ2n) is 7.77. The lowest BCUT2D eigenvalue weighted by Gasteiger charge is -2.18. The van der Waals surface area contributed by atoms with Crippen molar-refractivity contribution in [2.45, 2.75) is 20.8 Å². The van der Waals surface area contributed by atoms with E-state index in [-0.39, 0.29) is 5.70 Å². The van der Waals surface area contributed by atoms with Crippen LogP contribution in [0.15, 0.2) is 72.4 Å². The van der Waals surface area contributed by atoms with Crippen LogP contribution in [0.4, 0.5) is 11.4 Å². The van der Waals surface area contributed by atoms with Gasteiger partial charge in [-0.05, 0) is 67.8 Å². The maximum absolute atomic E-state index is 13.7. The number of hydrogen-bond donors (Lipinski definition) is 1. The third-order valence-electron chi connectivity index (χ3n) is 5.52. The molecule has 0 aliphatic carbocycles. The zero-order valence-electron chi connectivity index (χ0n) is 19.1. The lowest BCUT2D eigenvalue weighted by Crippen LogP contribution is -2.32. The SMILES string of the molecule is CCOc1ccc(C2=C(Nc3cc(C)ccc3C)C(=O)N(c3ccccc3OC)C2=O)cc1. The molecule has 0 aromatic heterocycles. The van der Waals surface area contributed by atoms with Crippen molar-refractivity contribution in [2.75, 3.05) is 23.9 Å². The standard InChI is InChI=1S/C27H26N2O4/c1-5-33-20-14-12-19(13-15-20)24-25(28-21-16-17(2)10-11-18(21)3)27(31)29(26(24)30)22-8-6-7-9-23(22)32-4/h6-16,28H,5H2,1-4H3. The Hall–Kier alpha value is -4.06. The van der Waals surface area contributed by atoms with Gasteiger partial charge in [0.25, 0.3) is 11.8 Å². The Morgan fingerprint density at radius 1 is 0.909 bits per heavy atom. The second-order valence-corrected chi connectivity index (χ2v) is 7.77. The smallest absolute Gasteiger partial charge is 0.282 e. The van der Waals surface area contributed by atoms with Gasteiger partial charge in [-0.15, -0.1) is 0 Å². The van der Waals surface area contributed by atoms with E-state index in [2.05, 4.69) is 5.32 Å². The molecule has 0 saturated heterocycles. The highest BCUT2D eigenvalue weighted by Gasteiger charge is 2.41.